The lowest BCUT2D eigenvalue weighted by Crippen LogP contribution is -2.32. The van der Waals surface area contributed by atoms with Crippen molar-refractivity contribution in [3.05, 3.63) is 106 Å². The van der Waals surface area contributed by atoms with Crippen molar-refractivity contribution in [1.29, 1.82) is 0 Å². The normalized spacial score (nSPS) is 20.1. The van der Waals surface area contributed by atoms with E-state index in [1.165, 1.54) is 12.7 Å². The molecule has 0 aliphatic carbocycles. The summed E-state index contributed by atoms with van der Waals surface area (Å²) in [5, 5.41) is 3.90. The monoisotopic (exact) mass is 532 g/mol. The van der Waals surface area contributed by atoms with E-state index in [0.29, 0.717) is 11.1 Å². The van der Waals surface area contributed by atoms with Crippen LogP contribution in [0.25, 0.3) is 5.82 Å². The van der Waals surface area contributed by atoms with Crippen LogP contribution in [0.5, 0.6) is 0 Å². The topological polar surface area (TPSA) is 127 Å². The smallest absolute Gasteiger partial charge is 0.351 e. The summed E-state index contributed by atoms with van der Waals surface area (Å²) in [6.07, 6.45) is 0.538. The molecule has 0 saturated carbocycles. The van der Waals surface area contributed by atoms with Crippen molar-refractivity contribution in [3.63, 3.8) is 0 Å². The third-order valence-electron chi connectivity index (χ3n) is 6.27. The third kappa shape index (κ3) is 5.78. The van der Waals surface area contributed by atoms with Gasteiger partial charge in [-0.05, 0) is 45.0 Å². The number of hydrogen-bond acceptors (Lipinski definition) is 9. The molecule has 1 saturated heterocycles. The van der Waals surface area contributed by atoms with Gasteiger partial charge in [-0.3, -0.25) is 4.57 Å². The van der Waals surface area contributed by atoms with Gasteiger partial charge in [0.25, 0.3) is 0 Å². The fourth-order valence-electron chi connectivity index (χ4n) is 4.13. The van der Waals surface area contributed by atoms with Gasteiger partial charge in [0.2, 0.25) is 0 Å². The van der Waals surface area contributed by atoms with E-state index in [-0.39, 0.29) is 24.4 Å². The molecule has 11 heteroatoms. The zero-order valence-electron chi connectivity index (χ0n) is 24.2. The van der Waals surface area contributed by atoms with Gasteiger partial charge in [-0.2, -0.15) is 10.1 Å². The third-order valence-corrected chi connectivity index (χ3v) is 6.27. The van der Waals surface area contributed by atoms with Gasteiger partial charge in [-0.15, -0.1) is 0 Å². The van der Waals surface area contributed by atoms with Gasteiger partial charge in [0, 0.05) is 22.3 Å². The van der Waals surface area contributed by atoms with Crippen LogP contribution in [0, 0.1) is 20.7 Å². The minimum Gasteiger partial charge on any atom is -0.459 e. The minimum atomic E-state index is -2.66. The number of benzene rings is 2. The SMILES string of the molecule is [2H]C([2H])([2H])c1cn([C@H]2C[C@@H](OC(=O)c3ccc(C)cc3)[C@@H](COC(=O)c3ccc(C)cc3)O2)c(=O)nc1-n1cncn1. The maximum Gasteiger partial charge on any atom is 0.351 e. The van der Waals surface area contributed by atoms with Gasteiger partial charge >= 0.3 is 17.6 Å². The summed E-state index contributed by atoms with van der Waals surface area (Å²) >= 11 is 0. The van der Waals surface area contributed by atoms with Crippen molar-refractivity contribution in [2.75, 3.05) is 6.61 Å². The molecule has 4 aromatic rings. The van der Waals surface area contributed by atoms with E-state index in [0.717, 1.165) is 26.6 Å². The summed E-state index contributed by atoms with van der Waals surface area (Å²) < 4.78 is 43.4. The summed E-state index contributed by atoms with van der Waals surface area (Å²) in [5.74, 6) is -1.43. The summed E-state index contributed by atoms with van der Waals surface area (Å²) in [7, 11) is 0. The molecule has 39 heavy (non-hydrogen) atoms. The van der Waals surface area contributed by atoms with Crippen LogP contribution < -0.4 is 5.69 Å². The Kier molecular flexibility index (Phi) is 6.30. The minimum absolute atomic E-state index is 0.0327. The van der Waals surface area contributed by atoms with Crippen molar-refractivity contribution >= 4 is 11.9 Å². The Bertz CT molecular complexity index is 1640. The van der Waals surface area contributed by atoms with Crippen LogP contribution in [0.15, 0.2) is 72.2 Å². The molecule has 3 atom stereocenters. The van der Waals surface area contributed by atoms with Gasteiger partial charge in [0.1, 0.15) is 37.7 Å². The molecule has 0 N–H and O–H groups in total. The van der Waals surface area contributed by atoms with Crippen LogP contribution in [0.4, 0.5) is 0 Å². The predicted octanol–water partition coefficient (Wildman–Crippen LogP) is 3.12. The largest absolute Gasteiger partial charge is 0.459 e. The molecule has 5 rings (SSSR count). The number of nitrogens with zero attached hydrogens (tertiary/aromatic N) is 5. The molecule has 0 radical (unpaired) electrons. The Morgan fingerprint density at radius 2 is 1.72 bits per heavy atom. The first-order chi connectivity index (χ1) is 20.0. The summed E-state index contributed by atoms with van der Waals surface area (Å²) in [6.45, 7) is 0.820. The first-order valence-electron chi connectivity index (χ1n) is 13.6. The Balaban J connectivity index is 1.42. The highest BCUT2D eigenvalue weighted by Crippen LogP contribution is 2.31. The molecular weight excluding hydrogens is 502 g/mol. The first kappa shape index (κ1) is 22.4. The summed E-state index contributed by atoms with van der Waals surface area (Å²) in [5.41, 5.74) is 1.48. The summed E-state index contributed by atoms with van der Waals surface area (Å²) in [4.78, 5) is 46.5. The van der Waals surface area contributed by atoms with E-state index < -0.39 is 42.9 Å². The Morgan fingerprint density at radius 1 is 1.05 bits per heavy atom. The second-order valence-corrected chi connectivity index (χ2v) is 9.15. The molecule has 1 fully saturated rings. The number of carbonyl (C=O) groups excluding carboxylic acids is 2. The number of aromatic nitrogens is 5. The van der Waals surface area contributed by atoms with Crippen LogP contribution in [0.2, 0.25) is 0 Å². The number of rotatable bonds is 7. The molecular formula is C28H27N5O6. The maximum absolute atomic E-state index is 13.1. The Morgan fingerprint density at radius 3 is 2.33 bits per heavy atom. The average Bonchev–Trinajstić information content (AvgIpc) is 3.62. The zero-order chi connectivity index (χ0) is 30.0. The average molecular weight is 533 g/mol. The standard InChI is InChI=1S/C28H27N5O6/c1-17-4-8-20(9-5-17)26(34)37-14-23-22(39-27(35)21-10-6-18(2)7-11-21)12-24(38-23)32-13-19(3)25(31-28(32)36)33-16-29-15-30-33/h4-11,13,15-16,22-24H,12,14H2,1-3H3/t22-,23-,24-/m1/s1/i3D3. The van der Waals surface area contributed by atoms with E-state index in [2.05, 4.69) is 15.1 Å². The van der Waals surface area contributed by atoms with Crippen LogP contribution >= 0.6 is 0 Å². The zero-order valence-corrected chi connectivity index (χ0v) is 21.2. The fraction of sp³-hybridized carbons (Fsp3) is 0.286. The lowest BCUT2D eigenvalue weighted by Gasteiger charge is -2.19. The molecule has 200 valence electrons. The van der Waals surface area contributed by atoms with Crippen molar-refractivity contribution in [1.82, 2.24) is 24.3 Å². The second kappa shape index (κ2) is 11.0. The maximum atomic E-state index is 13.1. The van der Waals surface area contributed by atoms with Gasteiger partial charge in [-0.1, -0.05) is 35.4 Å². The highest BCUT2D eigenvalue weighted by Gasteiger charge is 2.40. The molecule has 0 bridgehead atoms. The van der Waals surface area contributed by atoms with Gasteiger partial charge < -0.3 is 14.2 Å². The number of esters is 2. The summed E-state index contributed by atoms with van der Waals surface area (Å²) in [6, 6.07) is 13.6. The lowest BCUT2D eigenvalue weighted by molar-refractivity contribution is -0.0582. The molecule has 0 unspecified atom stereocenters. The molecule has 2 aromatic carbocycles. The molecule has 11 nitrogen and oxygen atoms in total. The second-order valence-electron chi connectivity index (χ2n) is 9.15. The van der Waals surface area contributed by atoms with Crippen molar-refractivity contribution in [3.8, 4) is 5.82 Å². The Labute approximate surface area is 228 Å². The predicted molar refractivity (Wildman–Crippen MR) is 139 cm³/mol. The Hall–Kier alpha value is -4.64. The van der Waals surface area contributed by atoms with Gasteiger partial charge in [0.15, 0.2) is 5.82 Å². The van der Waals surface area contributed by atoms with Crippen LogP contribution in [0.1, 0.15) is 54.2 Å². The van der Waals surface area contributed by atoms with E-state index >= 15 is 0 Å². The van der Waals surface area contributed by atoms with Crippen LogP contribution in [-0.2, 0) is 14.2 Å². The van der Waals surface area contributed by atoms with Crippen LogP contribution in [0.3, 0.4) is 0 Å². The van der Waals surface area contributed by atoms with Crippen LogP contribution in [-0.4, -0.2) is 55.1 Å². The molecule has 0 spiro atoms. The van der Waals surface area contributed by atoms with Crippen molar-refractivity contribution < 1.29 is 27.9 Å². The number of carbonyl (C=O) groups is 2. The quantitative estimate of drug-likeness (QED) is 0.330. The van der Waals surface area contributed by atoms with E-state index in [1.807, 2.05) is 13.8 Å². The highest BCUT2D eigenvalue weighted by atomic mass is 16.6. The van der Waals surface area contributed by atoms with Gasteiger partial charge in [-0.25, -0.2) is 24.0 Å². The molecule has 3 heterocycles. The van der Waals surface area contributed by atoms with E-state index in [1.54, 1.807) is 48.5 Å². The number of ether oxygens (including phenoxy) is 3. The number of hydrogen-bond donors (Lipinski definition) is 0. The first-order valence-corrected chi connectivity index (χ1v) is 12.1. The number of aryl methyl sites for hydroxylation is 3. The van der Waals surface area contributed by atoms with Gasteiger partial charge in [0.05, 0.1) is 11.1 Å². The molecule has 2 aromatic heterocycles. The molecule has 0 amide bonds. The van der Waals surface area contributed by atoms with Crippen molar-refractivity contribution in [2.45, 2.75) is 45.6 Å². The van der Waals surface area contributed by atoms with E-state index in [9.17, 15) is 14.4 Å². The van der Waals surface area contributed by atoms with E-state index in [4.69, 9.17) is 18.3 Å². The highest BCUT2D eigenvalue weighted by molar-refractivity contribution is 5.90. The lowest BCUT2D eigenvalue weighted by atomic mass is 10.1. The fourth-order valence-corrected chi connectivity index (χ4v) is 4.13. The molecule has 1 aliphatic rings. The molecule has 1 aliphatic heterocycles. The van der Waals surface area contributed by atoms with Crippen molar-refractivity contribution in [2.24, 2.45) is 0 Å².